The first-order valence-electron chi connectivity index (χ1n) is 4.36. The molecule has 2 N–H and O–H groups in total. The minimum atomic E-state index is -0.843. The van der Waals surface area contributed by atoms with Gasteiger partial charge in [-0.05, 0) is 32.6 Å². The Labute approximate surface area is 72.4 Å². The Kier molecular flexibility index (Phi) is 2.54. The van der Waals surface area contributed by atoms with Crippen LogP contribution < -0.4 is 0 Å². The van der Waals surface area contributed by atoms with E-state index in [2.05, 4.69) is 0 Å². The van der Waals surface area contributed by atoms with E-state index in [1.54, 1.807) is 6.92 Å². The van der Waals surface area contributed by atoms with Crippen molar-refractivity contribution in [1.82, 2.24) is 0 Å². The normalized spacial score (nSPS) is 42.6. The van der Waals surface area contributed by atoms with Crippen LogP contribution in [0.4, 0.5) is 0 Å². The summed E-state index contributed by atoms with van der Waals surface area (Å²) in [6.07, 6.45) is 3.16. The molecule has 0 radical (unpaired) electrons. The molecule has 1 aliphatic carbocycles. The van der Waals surface area contributed by atoms with E-state index in [0.717, 1.165) is 6.29 Å². The molecule has 0 aromatic heterocycles. The third kappa shape index (κ3) is 2.29. The molecule has 1 aliphatic rings. The lowest BCUT2D eigenvalue weighted by Gasteiger charge is -2.38. The van der Waals surface area contributed by atoms with Crippen molar-refractivity contribution >= 4 is 6.29 Å². The number of rotatable bonds is 2. The third-order valence-corrected chi connectivity index (χ3v) is 2.72. The molecule has 0 saturated heterocycles. The second kappa shape index (κ2) is 3.15. The van der Waals surface area contributed by atoms with Crippen molar-refractivity contribution in [3.8, 4) is 0 Å². The number of aliphatic hydroxyl groups is 2. The summed E-state index contributed by atoms with van der Waals surface area (Å²) in [5.41, 5.74) is -1.49. The van der Waals surface area contributed by atoms with Gasteiger partial charge in [0, 0.05) is 6.42 Å². The monoisotopic (exact) mass is 172 g/mol. The van der Waals surface area contributed by atoms with Gasteiger partial charge < -0.3 is 15.0 Å². The number of hydrogen-bond donors (Lipinski definition) is 2. The van der Waals surface area contributed by atoms with E-state index in [1.165, 1.54) is 0 Å². The van der Waals surface area contributed by atoms with E-state index in [9.17, 15) is 15.0 Å². The van der Waals surface area contributed by atoms with Gasteiger partial charge in [-0.15, -0.1) is 0 Å². The van der Waals surface area contributed by atoms with Crippen LogP contribution in [-0.2, 0) is 4.79 Å². The van der Waals surface area contributed by atoms with Gasteiger partial charge in [-0.1, -0.05) is 0 Å². The summed E-state index contributed by atoms with van der Waals surface area (Å²) in [5.74, 6) is 0. The van der Waals surface area contributed by atoms with Crippen molar-refractivity contribution < 1.29 is 15.0 Å². The fraction of sp³-hybridized carbons (Fsp3) is 0.889. The molecule has 3 heteroatoms. The van der Waals surface area contributed by atoms with Crippen molar-refractivity contribution in [1.29, 1.82) is 0 Å². The summed E-state index contributed by atoms with van der Waals surface area (Å²) >= 11 is 0. The Morgan fingerprint density at radius 1 is 1.25 bits per heavy atom. The summed E-state index contributed by atoms with van der Waals surface area (Å²) in [7, 11) is 0. The predicted molar refractivity (Wildman–Crippen MR) is 44.7 cm³/mol. The number of carbonyl (C=O) groups excluding carboxylic acids is 1. The van der Waals surface area contributed by atoms with Crippen LogP contribution in [0.5, 0.6) is 0 Å². The molecule has 70 valence electrons. The summed E-state index contributed by atoms with van der Waals surface area (Å²) in [6, 6.07) is 0. The van der Waals surface area contributed by atoms with Gasteiger partial charge in [-0.3, -0.25) is 0 Å². The maximum Gasteiger partial charge on any atom is 0.122 e. The van der Waals surface area contributed by atoms with Crippen molar-refractivity contribution in [2.24, 2.45) is 0 Å². The average Bonchev–Trinajstić information content (AvgIpc) is 1.98. The molecule has 12 heavy (non-hydrogen) atoms. The van der Waals surface area contributed by atoms with E-state index in [1.807, 2.05) is 0 Å². The largest absolute Gasteiger partial charge is 0.390 e. The first-order chi connectivity index (χ1) is 5.47. The molecule has 0 amide bonds. The van der Waals surface area contributed by atoms with Gasteiger partial charge in [0.05, 0.1) is 11.2 Å². The fourth-order valence-corrected chi connectivity index (χ4v) is 1.61. The first kappa shape index (κ1) is 9.68. The smallest absolute Gasteiger partial charge is 0.122 e. The van der Waals surface area contributed by atoms with E-state index in [4.69, 9.17) is 0 Å². The molecule has 3 nitrogen and oxygen atoms in total. The minimum absolute atomic E-state index is 0.198. The van der Waals surface area contributed by atoms with Crippen LogP contribution in [0, 0.1) is 0 Å². The topological polar surface area (TPSA) is 57.5 Å². The molecule has 0 aliphatic heterocycles. The van der Waals surface area contributed by atoms with Crippen LogP contribution in [0.1, 0.15) is 39.0 Å². The summed E-state index contributed by atoms with van der Waals surface area (Å²) in [6.45, 7) is 1.77. The summed E-state index contributed by atoms with van der Waals surface area (Å²) < 4.78 is 0. The van der Waals surface area contributed by atoms with Gasteiger partial charge in [-0.2, -0.15) is 0 Å². The third-order valence-electron chi connectivity index (χ3n) is 2.72. The lowest BCUT2D eigenvalue weighted by Crippen LogP contribution is -2.41. The molecule has 0 aromatic carbocycles. The highest BCUT2D eigenvalue weighted by molar-refractivity contribution is 5.51. The SMILES string of the molecule is C[C@]1(O)CC[C@](O)(CC=O)CC1. The standard InChI is InChI=1S/C9H16O3/c1-8(11)2-4-9(12,5-3-8)6-7-10/h7,11-12H,2-6H2,1H3/t8-,9+. The zero-order chi connectivity index (χ0) is 9.24. The van der Waals surface area contributed by atoms with Crippen molar-refractivity contribution in [2.45, 2.75) is 50.2 Å². The number of aldehydes is 1. The van der Waals surface area contributed by atoms with Gasteiger partial charge in [0.2, 0.25) is 0 Å². The maximum absolute atomic E-state index is 10.2. The average molecular weight is 172 g/mol. The fourth-order valence-electron chi connectivity index (χ4n) is 1.61. The van der Waals surface area contributed by atoms with E-state index >= 15 is 0 Å². The van der Waals surface area contributed by atoms with Gasteiger partial charge in [0.1, 0.15) is 6.29 Å². The Hall–Kier alpha value is -0.410. The minimum Gasteiger partial charge on any atom is -0.390 e. The molecule has 0 aromatic rings. The zero-order valence-electron chi connectivity index (χ0n) is 7.42. The highest BCUT2D eigenvalue weighted by Gasteiger charge is 2.37. The van der Waals surface area contributed by atoms with E-state index < -0.39 is 11.2 Å². The summed E-state index contributed by atoms with van der Waals surface area (Å²) in [5, 5.41) is 19.3. The first-order valence-corrected chi connectivity index (χ1v) is 4.36. The molecule has 1 rings (SSSR count). The number of carbonyl (C=O) groups is 1. The number of hydrogen-bond acceptors (Lipinski definition) is 3. The molecule has 1 saturated carbocycles. The molecular formula is C9H16O3. The van der Waals surface area contributed by atoms with Crippen LogP contribution in [0.3, 0.4) is 0 Å². The van der Waals surface area contributed by atoms with Crippen LogP contribution in [0.25, 0.3) is 0 Å². The van der Waals surface area contributed by atoms with Crippen molar-refractivity contribution in [3.63, 3.8) is 0 Å². The maximum atomic E-state index is 10.2. The second-order valence-electron chi connectivity index (χ2n) is 4.09. The van der Waals surface area contributed by atoms with Crippen LogP contribution in [0.15, 0.2) is 0 Å². The molecular weight excluding hydrogens is 156 g/mol. The lowest BCUT2D eigenvalue weighted by molar-refractivity contribution is -0.118. The lowest BCUT2D eigenvalue weighted by atomic mass is 9.76. The molecule has 0 atom stereocenters. The van der Waals surface area contributed by atoms with Crippen molar-refractivity contribution in [2.75, 3.05) is 0 Å². The van der Waals surface area contributed by atoms with Crippen molar-refractivity contribution in [3.05, 3.63) is 0 Å². The van der Waals surface area contributed by atoms with Gasteiger partial charge in [0.15, 0.2) is 0 Å². The predicted octanol–water partition coefficient (Wildman–Crippen LogP) is 0.632. The Bertz CT molecular complexity index is 165. The Morgan fingerprint density at radius 2 is 1.75 bits per heavy atom. The highest BCUT2D eigenvalue weighted by Crippen LogP contribution is 2.35. The summed E-state index contributed by atoms with van der Waals surface area (Å²) in [4.78, 5) is 10.2. The molecule has 0 bridgehead atoms. The molecule has 0 unspecified atom stereocenters. The zero-order valence-corrected chi connectivity index (χ0v) is 7.42. The Morgan fingerprint density at radius 3 is 2.17 bits per heavy atom. The van der Waals surface area contributed by atoms with E-state index in [-0.39, 0.29) is 6.42 Å². The quantitative estimate of drug-likeness (QED) is 0.601. The second-order valence-corrected chi connectivity index (χ2v) is 4.09. The highest BCUT2D eigenvalue weighted by atomic mass is 16.3. The van der Waals surface area contributed by atoms with Gasteiger partial charge in [0.25, 0.3) is 0 Å². The molecule has 1 fully saturated rings. The van der Waals surface area contributed by atoms with Crippen LogP contribution >= 0.6 is 0 Å². The van der Waals surface area contributed by atoms with Gasteiger partial charge >= 0.3 is 0 Å². The molecule has 0 spiro atoms. The van der Waals surface area contributed by atoms with Crippen LogP contribution in [-0.4, -0.2) is 27.7 Å². The van der Waals surface area contributed by atoms with E-state index in [0.29, 0.717) is 25.7 Å². The molecule has 0 heterocycles. The Balaban J connectivity index is 2.49. The van der Waals surface area contributed by atoms with Crippen LogP contribution in [0.2, 0.25) is 0 Å². The van der Waals surface area contributed by atoms with Gasteiger partial charge in [-0.25, -0.2) is 0 Å².